The van der Waals surface area contributed by atoms with Gasteiger partial charge in [0.25, 0.3) is 0 Å². The summed E-state index contributed by atoms with van der Waals surface area (Å²) in [6.07, 6.45) is 5.75. The van der Waals surface area contributed by atoms with Crippen LogP contribution in [-0.2, 0) is 19.4 Å². The lowest BCUT2D eigenvalue weighted by Gasteiger charge is -2.28. The number of benzene rings is 1. The molecule has 210 valence electrons. The number of carbonyl (C=O) groups excluding carboxylic acids is 1. The predicted molar refractivity (Wildman–Crippen MR) is 144 cm³/mol. The number of urea groups is 1. The van der Waals surface area contributed by atoms with Crippen molar-refractivity contribution in [2.45, 2.75) is 64.3 Å². The number of hydrogen-bond acceptors (Lipinski definition) is 6. The van der Waals surface area contributed by atoms with Crippen molar-refractivity contribution in [2.75, 3.05) is 38.5 Å². The molecule has 10 nitrogen and oxygen atoms in total. The number of nitrogens with zero attached hydrogens (tertiary/aromatic N) is 2. The summed E-state index contributed by atoms with van der Waals surface area (Å²) in [5, 5.41) is 18.6. The Bertz CT molecular complexity index is 911. The average molecular weight is 542 g/mol. The van der Waals surface area contributed by atoms with Gasteiger partial charge in [-0.3, -0.25) is 0 Å². The molecule has 0 aliphatic carbocycles. The Morgan fingerprint density at radius 2 is 1.41 bits per heavy atom. The van der Waals surface area contributed by atoms with Crippen molar-refractivity contribution < 1.29 is 33.0 Å². The second-order valence-electron chi connectivity index (χ2n) is 8.71. The van der Waals surface area contributed by atoms with E-state index in [0.717, 1.165) is 45.3 Å². The second-order valence-corrected chi connectivity index (χ2v) is 10.8. The normalized spacial score (nSPS) is 11.3. The van der Waals surface area contributed by atoms with Crippen LogP contribution in [-0.4, -0.2) is 90.9 Å². The first-order valence-electron chi connectivity index (χ1n) is 12.6. The van der Waals surface area contributed by atoms with Crippen molar-refractivity contribution in [3.63, 3.8) is 0 Å². The molecule has 2 amide bonds. The van der Waals surface area contributed by atoms with Crippen molar-refractivity contribution in [2.24, 2.45) is 0 Å². The minimum Gasteiger partial charge on any atom is -0.478 e. The number of hydrogen-bond donors (Lipinski definition) is 3. The Hall–Kier alpha value is -2.92. The smallest absolute Gasteiger partial charge is 0.328 e. The fourth-order valence-corrected chi connectivity index (χ4v) is 4.47. The van der Waals surface area contributed by atoms with E-state index in [1.54, 1.807) is 35.2 Å². The van der Waals surface area contributed by atoms with E-state index in [1.807, 2.05) is 13.8 Å². The quantitative estimate of drug-likeness (QED) is 0.270. The molecule has 0 radical (unpaired) electrons. The lowest BCUT2D eigenvalue weighted by Crippen LogP contribution is -2.47. The van der Waals surface area contributed by atoms with E-state index in [9.17, 15) is 22.8 Å². The molecule has 0 bridgehead atoms. The van der Waals surface area contributed by atoms with Crippen molar-refractivity contribution in [3.05, 3.63) is 42.5 Å². The number of carboxylic acids is 2. The molecule has 37 heavy (non-hydrogen) atoms. The zero-order chi connectivity index (χ0) is 28.3. The molecule has 3 N–H and O–H groups in total. The Labute approximate surface area is 221 Å². The minimum atomic E-state index is -3.41. The minimum absolute atomic E-state index is 0.0720. The first-order valence-corrected chi connectivity index (χ1v) is 14.3. The van der Waals surface area contributed by atoms with E-state index in [1.165, 1.54) is 0 Å². The maximum atomic E-state index is 12.6. The first-order chi connectivity index (χ1) is 17.4. The van der Waals surface area contributed by atoms with Gasteiger partial charge in [0.2, 0.25) is 0 Å². The van der Waals surface area contributed by atoms with Gasteiger partial charge >= 0.3 is 18.0 Å². The third kappa shape index (κ3) is 16.4. The van der Waals surface area contributed by atoms with Gasteiger partial charge < -0.3 is 25.3 Å². The van der Waals surface area contributed by atoms with Crippen molar-refractivity contribution >= 4 is 27.8 Å². The van der Waals surface area contributed by atoms with E-state index in [0.29, 0.717) is 23.6 Å². The zero-order valence-corrected chi connectivity index (χ0v) is 23.2. The van der Waals surface area contributed by atoms with Crippen LogP contribution in [0, 0.1) is 0 Å². The number of aliphatic carboxylic acids is 2. The van der Waals surface area contributed by atoms with Crippen LogP contribution in [0.1, 0.15) is 53.4 Å². The maximum Gasteiger partial charge on any atom is 0.328 e. The Kier molecular flexibility index (Phi) is 17.7. The van der Waals surface area contributed by atoms with E-state index in [2.05, 4.69) is 24.1 Å². The van der Waals surface area contributed by atoms with Gasteiger partial charge in [-0.25, -0.2) is 22.8 Å². The molecule has 0 fully saturated rings. The molecule has 1 aromatic rings. The fourth-order valence-electron chi connectivity index (χ4n) is 3.22. The molecular weight excluding hydrogens is 498 g/mol. The summed E-state index contributed by atoms with van der Waals surface area (Å²) in [5.41, 5.74) is 0. The Morgan fingerprint density at radius 1 is 0.892 bits per heavy atom. The Balaban J connectivity index is 0.00000139. The molecule has 11 heteroatoms. The van der Waals surface area contributed by atoms with Crippen LogP contribution < -0.4 is 5.32 Å². The van der Waals surface area contributed by atoms with Gasteiger partial charge in [0.05, 0.1) is 10.6 Å². The van der Waals surface area contributed by atoms with Crippen LogP contribution in [0.3, 0.4) is 0 Å². The molecule has 0 spiro atoms. The molecule has 0 aliphatic rings. The van der Waals surface area contributed by atoms with E-state index >= 15 is 0 Å². The molecule has 0 heterocycles. The summed E-state index contributed by atoms with van der Waals surface area (Å²) in [6.45, 7) is 11.8. The van der Waals surface area contributed by atoms with Gasteiger partial charge in [0.15, 0.2) is 9.84 Å². The van der Waals surface area contributed by atoms with E-state index in [4.69, 9.17) is 10.2 Å². The van der Waals surface area contributed by atoms with Gasteiger partial charge in [0, 0.05) is 37.8 Å². The lowest BCUT2D eigenvalue weighted by atomic mass is 10.2. The summed E-state index contributed by atoms with van der Waals surface area (Å²) >= 11 is 0. The van der Waals surface area contributed by atoms with Gasteiger partial charge in [-0.1, -0.05) is 44.9 Å². The third-order valence-corrected chi connectivity index (χ3v) is 7.03. The fraction of sp³-hybridized carbons (Fsp3) is 0.577. The summed E-state index contributed by atoms with van der Waals surface area (Å²) in [6, 6.07) is 8.13. The summed E-state index contributed by atoms with van der Waals surface area (Å²) in [4.78, 5) is 36.0. The molecule has 1 aromatic carbocycles. The summed E-state index contributed by atoms with van der Waals surface area (Å²) in [5.74, 6) is -2.60. The number of nitrogens with one attached hydrogen (secondary N) is 1. The topological polar surface area (TPSA) is 144 Å². The monoisotopic (exact) mass is 541 g/mol. The highest BCUT2D eigenvalue weighted by atomic mass is 32.2. The van der Waals surface area contributed by atoms with Crippen LogP contribution in [0.15, 0.2) is 47.4 Å². The third-order valence-electron chi connectivity index (χ3n) is 5.32. The largest absolute Gasteiger partial charge is 0.478 e. The van der Waals surface area contributed by atoms with Gasteiger partial charge in [0.1, 0.15) is 0 Å². The van der Waals surface area contributed by atoms with E-state index in [-0.39, 0.29) is 24.4 Å². The standard InChI is InChI=1S/C22H39N3O3S.C4H4O4/c1-5-7-15-24(16-8-6-2)17-14-23-22(26)25(20(3)4)18-19-29(27,28)21-12-10-9-11-13-21;5-3(6)1-2-4(7)8/h9-13,20H,5-8,14-19H2,1-4H3,(H,23,26);1-2H,(H,5,6)(H,7,8)/b;2-1-. The van der Waals surface area contributed by atoms with Crippen LogP contribution in [0.4, 0.5) is 4.79 Å². The summed E-state index contributed by atoms with van der Waals surface area (Å²) in [7, 11) is -3.41. The molecule has 0 saturated heterocycles. The van der Waals surface area contributed by atoms with Crippen molar-refractivity contribution in [1.29, 1.82) is 0 Å². The highest BCUT2D eigenvalue weighted by Gasteiger charge is 2.21. The summed E-state index contributed by atoms with van der Waals surface area (Å²) < 4.78 is 25.0. The number of carbonyl (C=O) groups is 3. The van der Waals surface area contributed by atoms with Crippen LogP contribution in [0.2, 0.25) is 0 Å². The van der Waals surface area contributed by atoms with Crippen LogP contribution >= 0.6 is 0 Å². The molecule has 0 saturated carbocycles. The second kappa shape index (κ2) is 19.2. The van der Waals surface area contributed by atoms with Crippen molar-refractivity contribution in [1.82, 2.24) is 15.1 Å². The van der Waals surface area contributed by atoms with E-state index < -0.39 is 21.8 Å². The van der Waals surface area contributed by atoms with Gasteiger partial charge in [-0.15, -0.1) is 0 Å². The maximum absolute atomic E-state index is 12.6. The van der Waals surface area contributed by atoms with Gasteiger partial charge in [-0.05, 0) is 51.9 Å². The first kappa shape index (κ1) is 34.1. The van der Waals surface area contributed by atoms with Crippen LogP contribution in [0.25, 0.3) is 0 Å². The number of sulfone groups is 1. The van der Waals surface area contributed by atoms with Crippen LogP contribution in [0.5, 0.6) is 0 Å². The number of amides is 2. The van der Waals surface area contributed by atoms with Gasteiger partial charge in [-0.2, -0.15) is 0 Å². The molecule has 0 atom stereocenters. The molecule has 0 aromatic heterocycles. The molecule has 0 unspecified atom stereocenters. The molecule has 0 aliphatic heterocycles. The predicted octanol–water partition coefficient (Wildman–Crippen LogP) is 3.49. The lowest BCUT2D eigenvalue weighted by molar-refractivity contribution is -0.134. The molecular formula is C26H43N3O7S. The number of unbranched alkanes of at least 4 members (excludes halogenated alkanes) is 2. The zero-order valence-electron chi connectivity index (χ0n) is 22.4. The molecule has 1 rings (SSSR count). The SMILES string of the molecule is CCCCN(CCCC)CCNC(=O)N(CCS(=O)(=O)c1ccccc1)C(C)C.O=C(O)/C=C\C(=O)O. The Morgan fingerprint density at radius 3 is 1.84 bits per heavy atom. The highest BCUT2D eigenvalue weighted by Crippen LogP contribution is 2.11. The number of rotatable bonds is 16. The number of carboxylic acid groups (broad SMARTS) is 2. The average Bonchev–Trinajstić information content (AvgIpc) is 2.84. The van der Waals surface area contributed by atoms with Crippen molar-refractivity contribution in [3.8, 4) is 0 Å². The highest BCUT2D eigenvalue weighted by molar-refractivity contribution is 7.91.